The average molecular weight is 301 g/mol. The first-order chi connectivity index (χ1) is 10.2. The Labute approximate surface area is 128 Å². The average Bonchev–Trinajstić information content (AvgIpc) is 3.04. The fourth-order valence-electron chi connectivity index (χ4n) is 2.76. The normalized spacial score (nSPS) is 13.2. The molecule has 0 fully saturated rings. The van der Waals surface area contributed by atoms with E-state index in [1.165, 1.54) is 35.3 Å². The molecule has 1 heterocycles. The molecule has 3 rings (SSSR count). The molecule has 1 aromatic carbocycles. The lowest BCUT2D eigenvalue weighted by Crippen LogP contribution is -2.24. The van der Waals surface area contributed by atoms with Crippen LogP contribution >= 0.6 is 11.3 Å². The van der Waals surface area contributed by atoms with E-state index in [1.807, 2.05) is 6.92 Å². The predicted molar refractivity (Wildman–Crippen MR) is 86.9 cm³/mol. The van der Waals surface area contributed by atoms with Crippen LogP contribution in [-0.4, -0.2) is 24.5 Å². The van der Waals surface area contributed by atoms with Crippen LogP contribution in [0.5, 0.6) is 0 Å². The molecule has 0 saturated heterocycles. The van der Waals surface area contributed by atoms with Gasteiger partial charge < -0.3 is 10.6 Å². The van der Waals surface area contributed by atoms with Crippen molar-refractivity contribution in [2.45, 2.75) is 26.2 Å². The van der Waals surface area contributed by atoms with Crippen molar-refractivity contribution in [2.75, 3.05) is 18.9 Å². The molecule has 2 aromatic rings. The summed E-state index contributed by atoms with van der Waals surface area (Å²) in [5, 5.41) is 6.34. The van der Waals surface area contributed by atoms with Crippen molar-refractivity contribution in [3.8, 4) is 11.3 Å². The van der Waals surface area contributed by atoms with Gasteiger partial charge in [0.25, 0.3) is 0 Å². The number of benzene rings is 1. The number of amides is 1. The third-order valence-electron chi connectivity index (χ3n) is 3.75. The lowest BCUT2D eigenvalue weighted by atomic mass is 10.0. The number of thiazole rings is 1. The molecule has 110 valence electrons. The Morgan fingerprint density at radius 3 is 2.95 bits per heavy atom. The van der Waals surface area contributed by atoms with Gasteiger partial charge in [0.2, 0.25) is 5.91 Å². The van der Waals surface area contributed by atoms with Gasteiger partial charge in [-0.2, -0.15) is 0 Å². The largest absolute Gasteiger partial charge is 0.311 e. The van der Waals surface area contributed by atoms with E-state index < -0.39 is 0 Å². The highest BCUT2D eigenvalue weighted by Gasteiger charge is 2.15. The van der Waals surface area contributed by atoms with Crippen LogP contribution in [0.2, 0.25) is 0 Å². The number of carbonyl (C=O) groups excluding carboxylic acids is 1. The van der Waals surface area contributed by atoms with Gasteiger partial charge in [0.1, 0.15) is 0 Å². The number of anilines is 1. The van der Waals surface area contributed by atoms with Crippen molar-refractivity contribution >= 4 is 22.4 Å². The molecule has 5 heteroatoms. The first-order valence-corrected chi connectivity index (χ1v) is 8.03. The SMILES string of the molecule is CNCC(=O)Nc1nc(-c2ccc3c(c2)CCC3)c(C)s1. The summed E-state index contributed by atoms with van der Waals surface area (Å²) < 4.78 is 0. The molecule has 0 radical (unpaired) electrons. The number of likely N-dealkylation sites (N-methyl/N-ethyl adjacent to an activating group) is 1. The number of fused-ring (bicyclic) bond motifs is 1. The number of aryl methyl sites for hydroxylation is 3. The number of hydrogen-bond acceptors (Lipinski definition) is 4. The lowest BCUT2D eigenvalue weighted by Gasteiger charge is -2.03. The highest BCUT2D eigenvalue weighted by molar-refractivity contribution is 7.16. The van der Waals surface area contributed by atoms with Gasteiger partial charge in [-0.25, -0.2) is 4.98 Å². The molecule has 0 saturated carbocycles. The van der Waals surface area contributed by atoms with Crippen molar-refractivity contribution in [2.24, 2.45) is 0 Å². The Balaban J connectivity index is 1.85. The number of hydrogen-bond donors (Lipinski definition) is 2. The lowest BCUT2D eigenvalue weighted by molar-refractivity contribution is -0.115. The Morgan fingerprint density at radius 2 is 2.14 bits per heavy atom. The molecular formula is C16H19N3OS. The zero-order valence-corrected chi connectivity index (χ0v) is 13.1. The highest BCUT2D eigenvalue weighted by Crippen LogP contribution is 2.33. The molecule has 1 aliphatic rings. The van der Waals surface area contributed by atoms with Gasteiger partial charge in [0.15, 0.2) is 5.13 Å². The molecule has 0 atom stereocenters. The van der Waals surface area contributed by atoms with E-state index in [0.29, 0.717) is 11.7 Å². The van der Waals surface area contributed by atoms with Crippen LogP contribution < -0.4 is 10.6 Å². The zero-order valence-electron chi connectivity index (χ0n) is 12.3. The van der Waals surface area contributed by atoms with Crippen LogP contribution in [0.15, 0.2) is 18.2 Å². The van der Waals surface area contributed by atoms with Crippen molar-refractivity contribution in [1.82, 2.24) is 10.3 Å². The fourth-order valence-corrected chi connectivity index (χ4v) is 3.61. The van der Waals surface area contributed by atoms with E-state index >= 15 is 0 Å². The molecule has 1 amide bonds. The third kappa shape index (κ3) is 2.99. The second-order valence-corrected chi connectivity index (χ2v) is 6.54. The van der Waals surface area contributed by atoms with Crippen molar-refractivity contribution in [3.05, 3.63) is 34.2 Å². The van der Waals surface area contributed by atoms with E-state index in [-0.39, 0.29) is 5.91 Å². The second-order valence-electron chi connectivity index (χ2n) is 5.34. The summed E-state index contributed by atoms with van der Waals surface area (Å²) in [5.41, 5.74) is 5.04. The van der Waals surface area contributed by atoms with Gasteiger partial charge in [-0.3, -0.25) is 4.79 Å². The Hall–Kier alpha value is -1.72. The summed E-state index contributed by atoms with van der Waals surface area (Å²) in [4.78, 5) is 17.3. The highest BCUT2D eigenvalue weighted by atomic mass is 32.1. The summed E-state index contributed by atoms with van der Waals surface area (Å²) in [6.07, 6.45) is 3.61. The number of rotatable bonds is 4. The second kappa shape index (κ2) is 5.95. The van der Waals surface area contributed by atoms with E-state index in [0.717, 1.165) is 22.6 Å². The number of carbonyl (C=O) groups is 1. The topological polar surface area (TPSA) is 54.0 Å². The van der Waals surface area contributed by atoms with E-state index in [9.17, 15) is 4.79 Å². The van der Waals surface area contributed by atoms with Gasteiger partial charge in [-0.05, 0) is 50.4 Å². The number of nitrogens with zero attached hydrogens (tertiary/aromatic N) is 1. The van der Waals surface area contributed by atoms with Gasteiger partial charge in [-0.15, -0.1) is 11.3 Å². The summed E-state index contributed by atoms with van der Waals surface area (Å²) in [6, 6.07) is 6.62. The number of nitrogens with one attached hydrogen (secondary N) is 2. The van der Waals surface area contributed by atoms with Crippen molar-refractivity contribution < 1.29 is 4.79 Å². The van der Waals surface area contributed by atoms with Gasteiger partial charge in [0.05, 0.1) is 12.2 Å². The smallest absolute Gasteiger partial charge is 0.240 e. The first kappa shape index (κ1) is 14.2. The minimum absolute atomic E-state index is 0.0632. The minimum Gasteiger partial charge on any atom is -0.311 e. The maximum absolute atomic E-state index is 11.6. The summed E-state index contributed by atoms with van der Waals surface area (Å²) in [7, 11) is 1.75. The predicted octanol–water partition coefficient (Wildman–Crippen LogP) is 2.77. The van der Waals surface area contributed by atoms with Gasteiger partial charge >= 0.3 is 0 Å². The van der Waals surface area contributed by atoms with Crippen LogP contribution in [0.25, 0.3) is 11.3 Å². The minimum atomic E-state index is -0.0632. The molecule has 1 aliphatic carbocycles. The fraction of sp³-hybridized carbons (Fsp3) is 0.375. The monoisotopic (exact) mass is 301 g/mol. The van der Waals surface area contributed by atoms with Crippen LogP contribution in [0.4, 0.5) is 5.13 Å². The van der Waals surface area contributed by atoms with Gasteiger partial charge in [-0.1, -0.05) is 12.1 Å². The molecule has 21 heavy (non-hydrogen) atoms. The van der Waals surface area contributed by atoms with Crippen molar-refractivity contribution in [3.63, 3.8) is 0 Å². The van der Waals surface area contributed by atoms with Crippen LogP contribution in [0, 0.1) is 6.92 Å². The molecule has 1 aromatic heterocycles. The van der Waals surface area contributed by atoms with E-state index in [4.69, 9.17) is 0 Å². The Morgan fingerprint density at radius 1 is 1.33 bits per heavy atom. The first-order valence-electron chi connectivity index (χ1n) is 7.21. The molecule has 0 spiro atoms. The molecular weight excluding hydrogens is 282 g/mol. The van der Waals surface area contributed by atoms with Gasteiger partial charge in [0, 0.05) is 10.4 Å². The third-order valence-corrected chi connectivity index (χ3v) is 4.64. The van der Waals surface area contributed by atoms with Crippen LogP contribution in [0.3, 0.4) is 0 Å². The molecule has 0 aliphatic heterocycles. The number of aromatic nitrogens is 1. The maximum Gasteiger partial charge on any atom is 0.240 e. The van der Waals surface area contributed by atoms with E-state index in [2.05, 4.69) is 33.8 Å². The molecule has 2 N–H and O–H groups in total. The van der Waals surface area contributed by atoms with Crippen molar-refractivity contribution in [1.29, 1.82) is 0 Å². The Bertz CT molecular complexity index is 678. The molecule has 4 nitrogen and oxygen atoms in total. The molecule has 0 bridgehead atoms. The Kier molecular flexibility index (Phi) is 4.03. The summed E-state index contributed by atoms with van der Waals surface area (Å²) in [5.74, 6) is -0.0632. The van der Waals surface area contributed by atoms with Crippen LogP contribution in [0.1, 0.15) is 22.4 Å². The van der Waals surface area contributed by atoms with Crippen LogP contribution in [-0.2, 0) is 17.6 Å². The molecule has 0 unspecified atom stereocenters. The maximum atomic E-state index is 11.6. The van der Waals surface area contributed by atoms with E-state index in [1.54, 1.807) is 7.05 Å². The summed E-state index contributed by atoms with van der Waals surface area (Å²) >= 11 is 1.53. The summed E-state index contributed by atoms with van der Waals surface area (Å²) in [6.45, 7) is 2.35. The zero-order chi connectivity index (χ0) is 14.8. The quantitative estimate of drug-likeness (QED) is 0.913. The standard InChI is InChI=1S/C16H19N3OS/c1-10-15(19-16(21-10)18-14(20)9-17-2)13-7-6-11-4-3-5-12(11)8-13/h6-8,17H,3-5,9H2,1-2H3,(H,18,19,20).